The minimum atomic E-state index is -4.46. The van der Waals surface area contributed by atoms with Crippen LogP contribution in [0.15, 0.2) is 45.3 Å². The number of hydrogen-bond acceptors (Lipinski definition) is 3. The Morgan fingerprint density at radius 2 is 0.959 bits per heavy atom. The molecule has 16 heteroatoms. The van der Waals surface area contributed by atoms with E-state index in [0.717, 1.165) is 12.1 Å². The number of nitrogens with zero attached hydrogens (tertiary/aromatic N) is 13. The van der Waals surface area contributed by atoms with Gasteiger partial charge in [-0.3, -0.25) is 9.80 Å². The first kappa shape index (κ1) is 40.3. The van der Waals surface area contributed by atoms with E-state index in [4.69, 9.17) is 19.6 Å². The van der Waals surface area contributed by atoms with Crippen LogP contribution in [0.3, 0.4) is 0 Å². The van der Waals surface area contributed by atoms with Gasteiger partial charge in [-0.25, -0.2) is 19.2 Å². The third kappa shape index (κ3) is 10.6. The minimum absolute atomic E-state index is 0.114. The molecule has 0 saturated carbocycles. The maximum absolute atomic E-state index is 13.6. The highest BCUT2D eigenvalue weighted by Gasteiger charge is 2.30. The summed E-state index contributed by atoms with van der Waals surface area (Å²) in [5, 5.41) is 0. The Morgan fingerprint density at radius 1 is 0.571 bits per heavy atom. The maximum Gasteiger partial charge on any atom is 0.416 e. The van der Waals surface area contributed by atoms with Crippen molar-refractivity contribution >= 4 is 41.0 Å². The molecule has 272 valence electrons. The number of aliphatic imine (C=N–C) groups is 3. The fourth-order valence-corrected chi connectivity index (χ4v) is 4.97. The van der Waals surface area contributed by atoms with Crippen molar-refractivity contribution in [1.82, 2.24) is 48.4 Å². The van der Waals surface area contributed by atoms with E-state index in [2.05, 4.69) is 0 Å². The van der Waals surface area contributed by atoms with Gasteiger partial charge in [0.2, 0.25) is 23.7 Å². The molecule has 49 heavy (non-hydrogen) atoms. The second-order valence-electron chi connectivity index (χ2n) is 13.1. The average molecular weight is 691 g/mol. The Kier molecular flexibility index (Phi) is 13.6. The summed E-state index contributed by atoms with van der Waals surface area (Å²) < 4.78 is 47.7. The number of halogens is 3. The molecule has 2 aromatic rings. The van der Waals surface area contributed by atoms with Crippen molar-refractivity contribution in [2.75, 3.05) is 113 Å². The van der Waals surface area contributed by atoms with E-state index < -0.39 is 11.7 Å². The van der Waals surface area contributed by atoms with Crippen LogP contribution in [0.4, 0.5) is 30.4 Å². The van der Waals surface area contributed by atoms with Gasteiger partial charge >= 0.3 is 17.6 Å². The fraction of sp³-hybridized carbons (Fsp3) is 0.545. The summed E-state index contributed by atoms with van der Waals surface area (Å²) in [5.41, 5.74) is 1.28. The number of rotatable bonds is 5. The molecule has 0 unspecified atom stereocenters. The van der Waals surface area contributed by atoms with E-state index in [1.165, 1.54) is 12.1 Å². The van der Waals surface area contributed by atoms with Crippen LogP contribution in [0.1, 0.15) is 11.1 Å². The van der Waals surface area contributed by atoms with E-state index in [1.54, 1.807) is 0 Å². The number of hydrogen-bond donors (Lipinski definition) is 0. The molecule has 2 rings (SSSR count). The van der Waals surface area contributed by atoms with Crippen molar-refractivity contribution in [3.05, 3.63) is 46.9 Å². The molecular weight excluding hydrogens is 635 g/mol. The number of benzene rings is 1. The van der Waals surface area contributed by atoms with Crippen molar-refractivity contribution in [3.8, 4) is 0 Å². The highest BCUT2D eigenvalue weighted by Crippen LogP contribution is 2.33. The summed E-state index contributed by atoms with van der Waals surface area (Å²) in [7, 11) is 30.3. The normalized spacial score (nSPS) is 10.8. The van der Waals surface area contributed by atoms with Crippen LogP contribution in [0.5, 0.6) is 0 Å². The largest absolute Gasteiger partial charge is 0.416 e. The number of pyridine rings is 1. The van der Waals surface area contributed by atoms with Gasteiger partial charge in [0.25, 0.3) is 0 Å². The summed E-state index contributed by atoms with van der Waals surface area (Å²) in [4.78, 5) is 30.5. The fourth-order valence-electron chi connectivity index (χ4n) is 4.97. The molecule has 0 N–H and O–H groups in total. The highest BCUT2D eigenvalue weighted by atomic mass is 19.4. The summed E-state index contributed by atoms with van der Waals surface area (Å²) >= 11 is 0. The van der Waals surface area contributed by atoms with Crippen LogP contribution in [0, 0.1) is 0 Å². The molecule has 13 nitrogen and oxygen atoms in total. The maximum atomic E-state index is 13.6. The number of alkyl halides is 3. The van der Waals surface area contributed by atoms with Gasteiger partial charge in [0.05, 0.1) is 12.1 Å². The van der Waals surface area contributed by atoms with Gasteiger partial charge in [0.15, 0.2) is 5.69 Å². The molecule has 1 aromatic carbocycles. The Hall–Kier alpha value is -4.85. The molecule has 0 spiro atoms. The summed E-state index contributed by atoms with van der Waals surface area (Å²) in [6.45, 7) is 0.114. The Morgan fingerprint density at radius 3 is 1.33 bits per heavy atom. The number of guanidine groups is 4. The van der Waals surface area contributed by atoms with Gasteiger partial charge in [-0.15, -0.1) is 0 Å². The standard InChI is InChI=1S/C33H55F3N13/c1-41(2)29(42(3)4)37-25-21-26(38-30(43(5)6)44(7)8)28(40-32(47(13)14)48(15)16)49(27(25)39-31(45(9)10)46(11)12)22-23-17-19-24(20-18-23)33(34,35)36/h17-21H,22H2,1-16H3/q+1. The molecule has 0 aliphatic heterocycles. The molecule has 1 heterocycles. The first-order chi connectivity index (χ1) is 22.6. The topological polar surface area (TPSA) is 82.0 Å². The lowest BCUT2D eigenvalue weighted by atomic mass is 10.1. The second kappa shape index (κ2) is 16.5. The molecule has 0 aliphatic rings. The average Bonchev–Trinajstić information content (AvgIpc) is 2.95. The lowest BCUT2D eigenvalue weighted by Crippen LogP contribution is -2.41. The Labute approximate surface area is 289 Å². The van der Waals surface area contributed by atoms with Crippen molar-refractivity contribution < 1.29 is 13.2 Å². The van der Waals surface area contributed by atoms with E-state index in [9.17, 15) is 13.2 Å². The molecule has 0 fully saturated rings. The van der Waals surface area contributed by atoms with Gasteiger partial charge in [0.1, 0.15) is 5.69 Å². The van der Waals surface area contributed by atoms with Crippen molar-refractivity contribution in [2.45, 2.75) is 12.7 Å². The van der Waals surface area contributed by atoms with Gasteiger partial charge < -0.3 is 29.4 Å². The van der Waals surface area contributed by atoms with E-state index in [1.807, 2.05) is 163 Å². The zero-order valence-electron chi connectivity index (χ0n) is 32.0. The predicted octanol–water partition coefficient (Wildman–Crippen LogP) is 2.33. The van der Waals surface area contributed by atoms with Gasteiger partial charge in [-0.05, 0) is 17.7 Å². The molecule has 0 aliphatic carbocycles. The molecule has 0 saturated heterocycles. The van der Waals surface area contributed by atoms with Crippen LogP contribution in [0.2, 0.25) is 0 Å². The zero-order chi connectivity index (χ0) is 37.5. The first-order valence-corrected chi connectivity index (χ1v) is 15.6. The monoisotopic (exact) mass is 690 g/mol. The van der Waals surface area contributed by atoms with Crippen molar-refractivity contribution in [2.24, 2.45) is 15.0 Å². The van der Waals surface area contributed by atoms with Crippen LogP contribution in [0.25, 0.3) is 0 Å². The van der Waals surface area contributed by atoms with Crippen LogP contribution in [-0.2, 0) is 12.7 Å². The molecule has 0 bridgehead atoms. The van der Waals surface area contributed by atoms with Gasteiger partial charge in [0, 0.05) is 119 Å². The predicted molar refractivity (Wildman–Crippen MR) is 196 cm³/mol. The third-order valence-corrected chi connectivity index (χ3v) is 6.92. The quantitative estimate of drug-likeness (QED) is 0.269. The van der Waals surface area contributed by atoms with Crippen LogP contribution < -0.4 is 10.2 Å². The van der Waals surface area contributed by atoms with Gasteiger partial charge in [-0.2, -0.15) is 18.2 Å². The lowest BCUT2D eigenvalue weighted by molar-refractivity contribution is -0.137. The summed E-state index contributed by atoms with van der Waals surface area (Å²) in [6, 6.07) is 6.98. The summed E-state index contributed by atoms with van der Waals surface area (Å²) in [6.07, 6.45) is -4.46. The van der Waals surface area contributed by atoms with E-state index in [-0.39, 0.29) is 6.54 Å². The minimum Gasteiger partial charge on any atom is -0.349 e. The second-order valence-corrected chi connectivity index (χ2v) is 13.1. The molecule has 0 atom stereocenters. The van der Waals surface area contributed by atoms with E-state index >= 15 is 0 Å². The van der Waals surface area contributed by atoms with Crippen LogP contribution >= 0.6 is 0 Å². The summed E-state index contributed by atoms with van der Waals surface area (Å²) in [5.74, 6) is 2.94. The van der Waals surface area contributed by atoms with Gasteiger partial charge in [-0.1, -0.05) is 12.1 Å². The Balaban J connectivity index is 3.52. The van der Waals surface area contributed by atoms with Crippen LogP contribution in [-0.4, -0.2) is 180 Å². The SMILES string of the molecule is CN(C)C(=Nc1cc(N=C(N(C)C)N(C)C)c(=[N+]=C(N(C)C)N(C)C)n(Cc2ccc(C(F)(F)F)cc2)c1N=C(N(C)C)N(C)C)N(C)C. The highest BCUT2D eigenvalue weighted by molar-refractivity contribution is 5.88. The smallest absolute Gasteiger partial charge is 0.349 e. The molecule has 1 aromatic heterocycles. The molecule has 0 amide bonds. The van der Waals surface area contributed by atoms with Crippen molar-refractivity contribution in [3.63, 3.8) is 0 Å². The first-order valence-electron chi connectivity index (χ1n) is 15.6. The molecular formula is C33H55F3N13+. The van der Waals surface area contributed by atoms with Crippen molar-refractivity contribution in [1.29, 1.82) is 0 Å². The zero-order valence-corrected chi connectivity index (χ0v) is 32.0. The third-order valence-electron chi connectivity index (χ3n) is 6.92. The van der Waals surface area contributed by atoms with E-state index in [0.29, 0.717) is 52.1 Å². The molecule has 0 radical (unpaired) electrons. The lowest BCUT2D eigenvalue weighted by Gasteiger charge is -2.25. The Bertz CT molecular complexity index is 1580. The number of aromatic nitrogens is 1.